The van der Waals surface area contributed by atoms with E-state index in [4.69, 9.17) is 10.2 Å². The summed E-state index contributed by atoms with van der Waals surface area (Å²) in [6.45, 7) is 6.84. The highest BCUT2D eigenvalue weighted by Gasteiger charge is 2.30. The molecule has 1 heterocycles. The van der Waals surface area contributed by atoms with Gasteiger partial charge in [-0.15, -0.1) is 0 Å². The van der Waals surface area contributed by atoms with Crippen LogP contribution in [0.1, 0.15) is 31.4 Å². The van der Waals surface area contributed by atoms with Crippen LogP contribution in [0.2, 0.25) is 0 Å². The zero-order valence-electron chi connectivity index (χ0n) is 9.42. The molecule has 1 aromatic rings. The molecule has 0 aliphatic carbocycles. The van der Waals surface area contributed by atoms with E-state index in [2.05, 4.69) is 19.2 Å². The van der Waals surface area contributed by atoms with Crippen molar-refractivity contribution in [1.82, 2.24) is 5.32 Å². The molecule has 0 saturated carbocycles. The van der Waals surface area contributed by atoms with Crippen molar-refractivity contribution in [3.63, 3.8) is 0 Å². The van der Waals surface area contributed by atoms with Crippen LogP contribution in [0, 0.1) is 12.3 Å². The highest BCUT2D eigenvalue weighted by molar-refractivity contribution is 5.12. The molecule has 14 heavy (non-hydrogen) atoms. The average Bonchev–Trinajstić information content (AvgIpc) is 2.53. The van der Waals surface area contributed by atoms with Crippen molar-refractivity contribution in [3.8, 4) is 0 Å². The number of hydrogen-bond acceptors (Lipinski definition) is 3. The summed E-state index contributed by atoms with van der Waals surface area (Å²) in [6, 6.07) is 4.15. The predicted octanol–water partition coefficient (Wildman–Crippen LogP) is 1.83. The maximum Gasteiger partial charge on any atom is 0.121 e. The van der Waals surface area contributed by atoms with Crippen LogP contribution in [0.5, 0.6) is 0 Å². The summed E-state index contributed by atoms with van der Waals surface area (Å²) in [5.74, 6) is 1.90. The third-order valence-electron chi connectivity index (χ3n) is 2.64. The summed E-state index contributed by atoms with van der Waals surface area (Å²) in [7, 11) is 1.93. The second kappa shape index (κ2) is 4.15. The molecule has 0 aromatic carbocycles. The molecule has 80 valence electrons. The lowest BCUT2D eigenvalue weighted by atomic mass is 9.83. The molecule has 0 bridgehead atoms. The van der Waals surface area contributed by atoms with Crippen LogP contribution in [0.3, 0.4) is 0 Å². The summed E-state index contributed by atoms with van der Waals surface area (Å²) in [5, 5.41) is 3.25. The van der Waals surface area contributed by atoms with E-state index in [0.29, 0.717) is 6.54 Å². The summed E-state index contributed by atoms with van der Waals surface area (Å²) in [6.07, 6.45) is 0. The molecule has 0 fully saturated rings. The number of aryl methyl sites for hydroxylation is 1. The van der Waals surface area contributed by atoms with E-state index in [0.717, 1.165) is 11.5 Å². The fraction of sp³-hybridized carbons (Fsp3) is 0.636. The predicted molar refractivity (Wildman–Crippen MR) is 58.1 cm³/mol. The molecule has 3 N–H and O–H groups in total. The molecule has 1 unspecified atom stereocenters. The summed E-state index contributed by atoms with van der Waals surface area (Å²) >= 11 is 0. The standard InChI is InChI=1S/C11H20N2O/c1-8-5-6-9(14-8)10(13-4)11(2,3)7-12/h5-6,10,13H,7,12H2,1-4H3. The molecule has 3 heteroatoms. The van der Waals surface area contributed by atoms with Crippen LogP contribution >= 0.6 is 0 Å². The van der Waals surface area contributed by atoms with Crippen molar-refractivity contribution in [2.75, 3.05) is 13.6 Å². The van der Waals surface area contributed by atoms with Crippen molar-refractivity contribution in [2.45, 2.75) is 26.8 Å². The summed E-state index contributed by atoms with van der Waals surface area (Å²) < 4.78 is 5.61. The van der Waals surface area contributed by atoms with Crippen LogP contribution in [-0.4, -0.2) is 13.6 Å². The van der Waals surface area contributed by atoms with Gasteiger partial charge >= 0.3 is 0 Å². The Labute approximate surface area is 85.7 Å². The summed E-state index contributed by atoms with van der Waals surface area (Å²) in [4.78, 5) is 0. The largest absolute Gasteiger partial charge is 0.465 e. The minimum absolute atomic E-state index is 0.000949. The average molecular weight is 196 g/mol. The van der Waals surface area contributed by atoms with Crippen molar-refractivity contribution in [1.29, 1.82) is 0 Å². The van der Waals surface area contributed by atoms with E-state index in [1.807, 2.05) is 26.1 Å². The van der Waals surface area contributed by atoms with E-state index in [9.17, 15) is 0 Å². The molecule has 0 aliphatic heterocycles. The van der Waals surface area contributed by atoms with Gasteiger partial charge in [0.25, 0.3) is 0 Å². The van der Waals surface area contributed by atoms with Gasteiger partial charge in [-0.2, -0.15) is 0 Å². The van der Waals surface area contributed by atoms with E-state index in [-0.39, 0.29) is 11.5 Å². The molecular formula is C11H20N2O. The molecule has 0 amide bonds. The zero-order chi connectivity index (χ0) is 10.8. The van der Waals surface area contributed by atoms with Crippen molar-refractivity contribution < 1.29 is 4.42 Å². The Morgan fingerprint density at radius 3 is 2.50 bits per heavy atom. The number of hydrogen-bond donors (Lipinski definition) is 2. The Morgan fingerprint density at radius 1 is 1.50 bits per heavy atom. The molecule has 1 aromatic heterocycles. The number of rotatable bonds is 4. The highest BCUT2D eigenvalue weighted by atomic mass is 16.3. The Bertz CT molecular complexity index is 291. The molecular weight excluding hydrogens is 176 g/mol. The Balaban J connectivity index is 2.92. The molecule has 1 rings (SSSR count). The Kier molecular flexibility index (Phi) is 3.34. The van der Waals surface area contributed by atoms with Crippen molar-refractivity contribution >= 4 is 0 Å². The lowest BCUT2D eigenvalue weighted by molar-refractivity contribution is 0.231. The first-order valence-corrected chi connectivity index (χ1v) is 4.95. The molecule has 1 atom stereocenters. The molecule has 0 aliphatic rings. The maximum absolute atomic E-state index is 5.75. The van der Waals surface area contributed by atoms with Gasteiger partial charge in [-0.05, 0) is 38.1 Å². The fourth-order valence-corrected chi connectivity index (χ4v) is 1.64. The normalized spacial score (nSPS) is 14.4. The smallest absolute Gasteiger partial charge is 0.121 e. The number of furan rings is 1. The van der Waals surface area contributed by atoms with E-state index in [1.165, 1.54) is 0 Å². The SMILES string of the molecule is CNC(c1ccc(C)o1)C(C)(C)CN. The van der Waals surface area contributed by atoms with Gasteiger partial charge in [0.05, 0.1) is 6.04 Å². The van der Waals surface area contributed by atoms with Gasteiger partial charge in [-0.25, -0.2) is 0 Å². The van der Waals surface area contributed by atoms with Crippen LogP contribution in [0.4, 0.5) is 0 Å². The molecule has 0 radical (unpaired) electrons. The zero-order valence-corrected chi connectivity index (χ0v) is 9.42. The molecule has 3 nitrogen and oxygen atoms in total. The lowest BCUT2D eigenvalue weighted by Gasteiger charge is -2.31. The van der Waals surface area contributed by atoms with Crippen LogP contribution < -0.4 is 11.1 Å². The van der Waals surface area contributed by atoms with Gasteiger partial charge in [0, 0.05) is 0 Å². The van der Waals surface area contributed by atoms with Crippen molar-refractivity contribution in [2.24, 2.45) is 11.1 Å². The minimum atomic E-state index is -0.000949. The first-order chi connectivity index (χ1) is 6.51. The van der Waals surface area contributed by atoms with Gasteiger partial charge in [0.15, 0.2) is 0 Å². The quantitative estimate of drug-likeness (QED) is 0.772. The van der Waals surface area contributed by atoms with Gasteiger partial charge in [-0.1, -0.05) is 13.8 Å². The first kappa shape index (κ1) is 11.3. The Hall–Kier alpha value is -0.800. The summed E-state index contributed by atoms with van der Waals surface area (Å²) in [5.41, 5.74) is 5.74. The van der Waals surface area contributed by atoms with Gasteiger partial charge < -0.3 is 15.5 Å². The molecule has 0 saturated heterocycles. The first-order valence-electron chi connectivity index (χ1n) is 4.95. The van der Waals surface area contributed by atoms with Crippen LogP contribution in [0.15, 0.2) is 16.5 Å². The van der Waals surface area contributed by atoms with Crippen LogP contribution in [-0.2, 0) is 0 Å². The van der Waals surface area contributed by atoms with E-state index < -0.39 is 0 Å². The van der Waals surface area contributed by atoms with Gasteiger partial charge in [-0.3, -0.25) is 0 Å². The molecule has 0 spiro atoms. The third kappa shape index (κ3) is 2.16. The van der Waals surface area contributed by atoms with Crippen LogP contribution in [0.25, 0.3) is 0 Å². The topological polar surface area (TPSA) is 51.2 Å². The van der Waals surface area contributed by atoms with Crippen molar-refractivity contribution in [3.05, 3.63) is 23.7 Å². The number of nitrogens with two attached hydrogens (primary N) is 1. The monoisotopic (exact) mass is 196 g/mol. The van der Waals surface area contributed by atoms with E-state index >= 15 is 0 Å². The van der Waals surface area contributed by atoms with E-state index in [1.54, 1.807) is 0 Å². The second-order valence-corrected chi connectivity index (χ2v) is 4.36. The third-order valence-corrected chi connectivity index (χ3v) is 2.64. The van der Waals surface area contributed by atoms with Gasteiger partial charge in [0.2, 0.25) is 0 Å². The fourth-order valence-electron chi connectivity index (χ4n) is 1.64. The minimum Gasteiger partial charge on any atom is -0.465 e. The lowest BCUT2D eigenvalue weighted by Crippen LogP contribution is -2.37. The number of nitrogens with one attached hydrogen (secondary N) is 1. The van der Waals surface area contributed by atoms with Gasteiger partial charge in [0.1, 0.15) is 11.5 Å². The highest BCUT2D eigenvalue weighted by Crippen LogP contribution is 2.32. The Morgan fingerprint density at radius 2 is 2.14 bits per heavy atom. The second-order valence-electron chi connectivity index (χ2n) is 4.36. The maximum atomic E-state index is 5.75.